The zero-order valence-corrected chi connectivity index (χ0v) is 15.7. The van der Waals surface area contributed by atoms with Crippen molar-refractivity contribution in [3.05, 3.63) is 12.3 Å². The van der Waals surface area contributed by atoms with Crippen LogP contribution >= 0.6 is 0 Å². The Hall–Kier alpha value is -0.830. The number of carbonyl (C=O) groups excluding carboxylic acids is 1. The summed E-state index contributed by atoms with van der Waals surface area (Å²) < 4.78 is 4.87. The molecule has 1 fully saturated rings. The van der Waals surface area contributed by atoms with Crippen molar-refractivity contribution >= 4 is 5.97 Å². The molecule has 140 valence electrons. The van der Waals surface area contributed by atoms with Gasteiger partial charge in [-0.2, -0.15) is 0 Å². The van der Waals surface area contributed by atoms with Crippen LogP contribution in [0.2, 0.25) is 0 Å². The smallest absolute Gasteiger partial charge is 0.317 e. The van der Waals surface area contributed by atoms with Crippen LogP contribution in [0.3, 0.4) is 0 Å². The van der Waals surface area contributed by atoms with Gasteiger partial charge in [-0.15, -0.1) is 0 Å². The molecule has 1 aliphatic rings. The molecule has 0 aromatic carbocycles. The Morgan fingerprint density at radius 3 is 1.62 bits per heavy atom. The van der Waals surface area contributed by atoms with Gasteiger partial charge in [0.1, 0.15) is 11.9 Å². The molecule has 1 heterocycles. The Labute approximate surface area is 148 Å². The molecule has 0 aromatic rings. The van der Waals surface area contributed by atoms with Crippen molar-refractivity contribution in [3.63, 3.8) is 0 Å². The van der Waals surface area contributed by atoms with Gasteiger partial charge in [0.15, 0.2) is 0 Å². The molecular formula is C21H38O3. The fraction of sp³-hybridized carbons (Fsp3) is 0.857. The first-order chi connectivity index (χ1) is 11.7. The zero-order valence-electron chi connectivity index (χ0n) is 15.7. The lowest BCUT2D eigenvalue weighted by Crippen LogP contribution is -2.19. The highest BCUT2D eigenvalue weighted by Crippen LogP contribution is 2.28. The number of ether oxygens (including phenoxy) is 1. The second-order valence-corrected chi connectivity index (χ2v) is 7.32. The Balaban J connectivity index is 1.81. The molecule has 24 heavy (non-hydrogen) atoms. The monoisotopic (exact) mass is 338 g/mol. The number of carbonyl (C=O) groups is 1. The van der Waals surface area contributed by atoms with Crippen LogP contribution in [0, 0.1) is 5.92 Å². The standard InChI is InChI=1S/C21H38O3/c1-3-4-5-6-7-8-9-10-11-12-13-14-15-16-17-19-20(22)18(2)24-21(19)23/h19-20,22H,2-17H2,1H3. The fourth-order valence-electron chi connectivity index (χ4n) is 3.45. The second kappa shape index (κ2) is 13.5. The lowest BCUT2D eigenvalue weighted by Gasteiger charge is -2.09. The summed E-state index contributed by atoms with van der Waals surface area (Å²) in [5.74, 6) is -0.465. The van der Waals surface area contributed by atoms with Crippen LogP contribution in [-0.4, -0.2) is 17.2 Å². The minimum atomic E-state index is -0.792. The predicted octanol–water partition coefficient (Wildman–Crippen LogP) is 5.91. The summed E-state index contributed by atoms with van der Waals surface area (Å²) in [5.41, 5.74) is 0. The summed E-state index contributed by atoms with van der Waals surface area (Å²) in [7, 11) is 0. The van der Waals surface area contributed by atoms with E-state index in [9.17, 15) is 9.90 Å². The van der Waals surface area contributed by atoms with E-state index >= 15 is 0 Å². The van der Waals surface area contributed by atoms with E-state index in [1.807, 2.05) is 0 Å². The summed E-state index contributed by atoms with van der Waals surface area (Å²) in [6.07, 6.45) is 18.5. The van der Waals surface area contributed by atoms with Crippen molar-refractivity contribution in [1.29, 1.82) is 0 Å². The van der Waals surface area contributed by atoms with E-state index in [0.717, 1.165) is 19.3 Å². The normalized spacial score (nSPS) is 20.6. The summed E-state index contributed by atoms with van der Waals surface area (Å²) in [4.78, 5) is 11.5. The van der Waals surface area contributed by atoms with Gasteiger partial charge in [-0.1, -0.05) is 103 Å². The van der Waals surface area contributed by atoms with Crippen LogP contribution in [0.15, 0.2) is 12.3 Å². The van der Waals surface area contributed by atoms with Gasteiger partial charge in [0.2, 0.25) is 0 Å². The van der Waals surface area contributed by atoms with Crippen LogP contribution in [-0.2, 0) is 9.53 Å². The number of aliphatic hydroxyl groups is 1. The quantitative estimate of drug-likeness (QED) is 0.298. The summed E-state index contributed by atoms with van der Waals surface area (Å²) in [6.45, 7) is 5.83. The molecule has 0 aliphatic carbocycles. The van der Waals surface area contributed by atoms with E-state index in [2.05, 4.69) is 13.5 Å². The SMILES string of the molecule is C=C1OC(=O)C(CCCCCCCCCCCCCCCC)C1O. The maximum atomic E-state index is 11.5. The van der Waals surface area contributed by atoms with Gasteiger partial charge >= 0.3 is 5.97 Å². The topological polar surface area (TPSA) is 46.5 Å². The maximum Gasteiger partial charge on any atom is 0.317 e. The van der Waals surface area contributed by atoms with Crippen LogP contribution < -0.4 is 0 Å². The molecule has 1 rings (SSSR count). The number of rotatable bonds is 15. The molecular weight excluding hydrogens is 300 g/mol. The lowest BCUT2D eigenvalue weighted by molar-refractivity contribution is -0.139. The van der Waals surface area contributed by atoms with Gasteiger partial charge in [-0.3, -0.25) is 4.79 Å². The number of hydrogen-bond acceptors (Lipinski definition) is 3. The fourth-order valence-corrected chi connectivity index (χ4v) is 3.45. The van der Waals surface area contributed by atoms with Crippen molar-refractivity contribution < 1.29 is 14.6 Å². The largest absolute Gasteiger partial charge is 0.429 e. The van der Waals surface area contributed by atoms with Crippen molar-refractivity contribution in [1.82, 2.24) is 0 Å². The zero-order chi connectivity index (χ0) is 17.6. The summed E-state index contributed by atoms with van der Waals surface area (Å²) >= 11 is 0. The molecule has 3 heteroatoms. The van der Waals surface area contributed by atoms with E-state index in [1.54, 1.807) is 0 Å². The minimum absolute atomic E-state index is 0.218. The van der Waals surface area contributed by atoms with Crippen molar-refractivity contribution in [2.24, 2.45) is 5.92 Å². The van der Waals surface area contributed by atoms with E-state index < -0.39 is 6.10 Å². The number of esters is 1. The average molecular weight is 339 g/mol. The molecule has 0 spiro atoms. The molecule has 2 atom stereocenters. The van der Waals surface area contributed by atoms with Gasteiger partial charge in [0.05, 0.1) is 5.92 Å². The highest BCUT2D eigenvalue weighted by atomic mass is 16.6. The Morgan fingerprint density at radius 1 is 0.833 bits per heavy atom. The first-order valence-corrected chi connectivity index (χ1v) is 10.3. The molecule has 3 nitrogen and oxygen atoms in total. The first-order valence-electron chi connectivity index (χ1n) is 10.3. The van der Waals surface area contributed by atoms with Gasteiger partial charge in [-0.05, 0) is 6.42 Å². The third-order valence-corrected chi connectivity index (χ3v) is 5.11. The molecule has 1 aliphatic heterocycles. The molecule has 1 N–H and O–H groups in total. The molecule has 0 saturated carbocycles. The van der Waals surface area contributed by atoms with Crippen molar-refractivity contribution in [2.75, 3.05) is 0 Å². The molecule has 0 amide bonds. The predicted molar refractivity (Wildman–Crippen MR) is 99.7 cm³/mol. The first kappa shape index (κ1) is 21.2. The Morgan fingerprint density at radius 2 is 1.25 bits per heavy atom. The molecule has 0 aromatic heterocycles. The minimum Gasteiger partial charge on any atom is -0.429 e. The number of cyclic esters (lactones) is 1. The number of unbranched alkanes of at least 4 members (excludes halogenated alkanes) is 13. The third kappa shape index (κ3) is 8.86. The molecule has 2 unspecified atom stereocenters. The van der Waals surface area contributed by atoms with Crippen molar-refractivity contribution in [2.45, 2.75) is 109 Å². The van der Waals surface area contributed by atoms with Crippen LogP contribution in [0.5, 0.6) is 0 Å². The maximum absolute atomic E-state index is 11.5. The number of hydrogen-bond donors (Lipinski definition) is 1. The van der Waals surface area contributed by atoms with E-state index in [0.29, 0.717) is 0 Å². The molecule has 1 saturated heterocycles. The highest BCUT2D eigenvalue weighted by molar-refractivity contribution is 5.77. The third-order valence-electron chi connectivity index (χ3n) is 5.11. The highest BCUT2D eigenvalue weighted by Gasteiger charge is 2.38. The number of aliphatic hydroxyl groups excluding tert-OH is 1. The Kier molecular flexibility index (Phi) is 11.9. The summed E-state index contributed by atoms with van der Waals surface area (Å²) in [5, 5.41) is 9.79. The van der Waals surface area contributed by atoms with Crippen LogP contribution in [0.4, 0.5) is 0 Å². The van der Waals surface area contributed by atoms with Gasteiger partial charge < -0.3 is 9.84 Å². The molecule has 0 radical (unpaired) electrons. The van der Waals surface area contributed by atoms with E-state index in [-0.39, 0.29) is 17.6 Å². The van der Waals surface area contributed by atoms with Gasteiger partial charge in [-0.25, -0.2) is 0 Å². The van der Waals surface area contributed by atoms with Crippen molar-refractivity contribution in [3.8, 4) is 0 Å². The van der Waals surface area contributed by atoms with Gasteiger partial charge in [0, 0.05) is 0 Å². The Bertz CT molecular complexity index is 351. The lowest BCUT2D eigenvalue weighted by atomic mass is 9.96. The summed E-state index contributed by atoms with van der Waals surface area (Å²) in [6, 6.07) is 0. The second-order valence-electron chi connectivity index (χ2n) is 7.32. The van der Waals surface area contributed by atoms with Crippen LogP contribution in [0.1, 0.15) is 103 Å². The van der Waals surface area contributed by atoms with E-state index in [4.69, 9.17) is 4.74 Å². The van der Waals surface area contributed by atoms with E-state index in [1.165, 1.54) is 77.0 Å². The van der Waals surface area contributed by atoms with Gasteiger partial charge in [0.25, 0.3) is 0 Å². The average Bonchev–Trinajstić information content (AvgIpc) is 2.81. The molecule has 0 bridgehead atoms. The van der Waals surface area contributed by atoms with Crippen LogP contribution in [0.25, 0.3) is 0 Å².